The van der Waals surface area contributed by atoms with E-state index >= 15 is 0 Å². The highest BCUT2D eigenvalue weighted by atomic mass is 16.6. The van der Waals surface area contributed by atoms with Gasteiger partial charge < -0.3 is 20.5 Å². The van der Waals surface area contributed by atoms with E-state index in [1.165, 1.54) is 4.90 Å². The Morgan fingerprint density at radius 2 is 1.94 bits per heavy atom. The van der Waals surface area contributed by atoms with E-state index < -0.39 is 17.8 Å². The number of aliphatic hydroxyl groups is 1. The molecule has 0 aliphatic carbocycles. The summed E-state index contributed by atoms with van der Waals surface area (Å²) >= 11 is 0. The molecule has 0 heterocycles. The van der Waals surface area contributed by atoms with Crippen LogP contribution in [-0.2, 0) is 4.74 Å². The predicted molar refractivity (Wildman–Crippen MR) is 67.8 cm³/mol. The molecule has 5 heteroatoms. The van der Waals surface area contributed by atoms with Crippen LogP contribution in [0.3, 0.4) is 0 Å². The first-order valence-corrected chi connectivity index (χ1v) is 6.05. The molecule has 1 atom stereocenters. The quantitative estimate of drug-likeness (QED) is 0.767. The molecule has 102 valence electrons. The number of carbonyl (C=O) groups is 1. The molecule has 0 aromatic carbocycles. The number of hydrogen-bond acceptors (Lipinski definition) is 4. The van der Waals surface area contributed by atoms with E-state index in [2.05, 4.69) is 0 Å². The van der Waals surface area contributed by atoms with Gasteiger partial charge in [-0.3, -0.25) is 0 Å². The van der Waals surface area contributed by atoms with Gasteiger partial charge in [-0.15, -0.1) is 0 Å². The van der Waals surface area contributed by atoms with Gasteiger partial charge in [-0.25, -0.2) is 4.79 Å². The molecule has 0 unspecified atom stereocenters. The van der Waals surface area contributed by atoms with Crippen molar-refractivity contribution in [3.8, 4) is 0 Å². The smallest absolute Gasteiger partial charge is 0.410 e. The highest BCUT2D eigenvalue weighted by Crippen LogP contribution is 2.12. The minimum absolute atomic E-state index is 0.0164. The van der Waals surface area contributed by atoms with Crippen molar-refractivity contribution >= 4 is 6.09 Å². The zero-order valence-corrected chi connectivity index (χ0v) is 11.6. The Kier molecular flexibility index (Phi) is 6.49. The van der Waals surface area contributed by atoms with Crippen LogP contribution in [0.1, 0.15) is 41.0 Å². The summed E-state index contributed by atoms with van der Waals surface area (Å²) in [5.41, 5.74) is 4.84. The molecule has 0 saturated carbocycles. The average Bonchev–Trinajstić information content (AvgIpc) is 2.11. The van der Waals surface area contributed by atoms with E-state index in [-0.39, 0.29) is 12.6 Å². The van der Waals surface area contributed by atoms with Gasteiger partial charge in [0.1, 0.15) is 5.60 Å². The highest BCUT2D eigenvalue weighted by Gasteiger charge is 2.25. The molecule has 5 nitrogen and oxygen atoms in total. The Morgan fingerprint density at radius 3 is 2.29 bits per heavy atom. The van der Waals surface area contributed by atoms with Crippen LogP contribution < -0.4 is 5.73 Å². The van der Waals surface area contributed by atoms with Gasteiger partial charge in [-0.2, -0.15) is 0 Å². The summed E-state index contributed by atoms with van der Waals surface area (Å²) in [6.45, 7) is 9.89. The second-order valence-electron chi connectivity index (χ2n) is 5.46. The van der Waals surface area contributed by atoms with Gasteiger partial charge in [0.2, 0.25) is 0 Å². The van der Waals surface area contributed by atoms with Gasteiger partial charge in [0, 0.05) is 6.04 Å². The van der Waals surface area contributed by atoms with Gasteiger partial charge >= 0.3 is 6.09 Å². The summed E-state index contributed by atoms with van der Waals surface area (Å²) in [4.78, 5) is 13.4. The molecule has 0 fully saturated rings. The molecule has 0 spiro atoms. The molecule has 0 aliphatic heterocycles. The fourth-order valence-corrected chi connectivity index (χ4v) is 1.33. The molecular weight excluding hydrogens is 220 g/mol. The minimum Gasteiger partial charge on any atom is -0.444 e. The summed E-state index contributed by atoms with van der Waals surface area (Å²) in [7, 11) is 0. The topological polar surface area (TPSA) is 75.8 Å². The molecule has 3 N–H and O–H groups in total. The van der Waals surface area contributed by atoms with Crippen molar-refractivity contribution in [1.82, 2.24) is 4.90 Å². The van der Waals surface area contributed by atoms with E-state index in [1.54, 1.807) is 0 Å². The number of nitrogens with two attached hydrogens (primary N) is 1. The lowest BCUT2D eigenvalue weighted by Crippen LogP contribution is -2.45. The number of nitrogens with zero attached hydrogens (tertiary/aromatic N) is 1. The maximum absolute atomic E-state index is 11.9. The van der Waals surface area contributed by atoms with E-state index in [1.807, 2.05) is 34.6 Å². The Balaban J connectivity index is 4.47. The predicted octanol–water partition coefficient (Wildman–Crippen LogP) is 1.34. The number of rotatable bonds is 5. The van der Waals surface area contributed by atoms with Crippen LogP contribution in [0.15, 0.2) is 0 Å². The summed E-state index contributed by atoms with van der Waals surface area (Å²) in [6, 6.07) is -0.0164. The fourth-order valence-electron chi connectivity index (χ4n) is 1.33. The Hall–Kier alpha value is -0.810. The lowest BCUT2D eigenvalue weighted by atomic mass is 10.2. The molecule has 0 aromatic rings. The van der Waals surface area contributed by atoms with E-state index in [0.717, 1.165) is 0 Å². The maximum atomic E-state index is 11.9. The minimum atomic E-state index is -0.602. The zero-order valence-electron chi connectivity index (χ0n) is 11.6. The Labute approximate surface area is 104 Å². The molecule has 0 radical (unpaired) electrons. The molecule has 0 aliphatic rings. The van der Waals surface area contributed by atoms with Crippen LogP contribution in [0.4, 0.5) is 4.79 Å². The highest BCUT2D eigenvalue weighted by molar-refractivity contribution is 5.68. The van der Waals surface area contributed by atoms with Crippen molar-refractivity contribution in [1.29, 1.82) is 0 Å². The van der Waals surface area contributed by atoms with Gasteiger partial charge in [0.15, 0.2) is 0 Å². The van der Waals surface area contributed by atoms with Crippen LogP contribution in [0.2, 0.25) is 0 Å². The third-order valence-electron chi connectivity index (χ3n) is 2.16. The van der Waals surface area contributed by atoms with Crippen molar-refractivity contribution in [2.45, 2.75) is 58.8 Å². The summed E-state index contributed by atoms with van der Waals surface area (Å²) in [5.74, 6) is 0. The summed E-state index contributed by atoms with van der Waals surface area (Å²) in [6.07, 6.45) is -0.523. The number of ether oxygens (including phenoxy) is 1. The van der Waals surface area contributed by atoms with Crippen LogP contribution in [0, 0.1) is 0 Å². The lowest BCUT2D eigenvalue weighted by molar-refractivity contribution is 0.00688. The Morgan fingerprint density at radius 1 is 1.41 bits per heavy atom. The molecule has 0 aromatic heterocycles. The van der Waals surface area contributed by atoms with E-state index in [4.69, 9.17) is 10.5 Å². The number of aliphatic hydroxyl groups excluding tert-OH is 1. The molecular formula is C12H26N2O3. The normalized spacial score (nSPS) is 13.6. The van der Waals surface area contributed by atoms with E-state index in [0.29, 0.717) is 13.0 Å². The number of hydrogen-bond donors (Lipinski definition) is 2. The number of carbonyl (C=O) groups excluding carboxylic acids is 1. The van der Waals surface area contributed by atoms with Crippen LogP contribution in [-0.4, -0.2) is 46.9 Å². The lowest BCUT2D eigenvalue weighted by Gasteiger charge is -2.31. The molecule has 0 rings (SSSR count). The summed E-state index contributed by atoms with van der Waals surface area (Å²) < 4.78 is 5.28. The first-order chi connectivity index (χ1) is 7.67. The zero-order chi connectivity index (χ0) is 13.6. The molecule has 0 saturated heterocycles. The van der Waals surface area contributed by atoms with Crippen molar-refractivity contribution in [2.24, 2.45) is 5.73 Å². The summed E-state index contributed by atoms with van der Waals surface area (Å²) in [5, 5.41) is 9.69. The average molecular weight is 246 g/mol. The van der Waals surface area contributed by atoms with Gasteiger partial charge in [-0.05, 0) is 47.6 Å². The standard InChI is InChI=1S/C12H26N2O3/c1-9(2)14(8-10(15)6-7-13)11(16)17-12(3,4)5/h9-10,15H,6-8,13H2,1-5H3/t10-/m1/s1. The molecule has 17 heavy (non-hydrogen) atoms. The van der Waals surface area contributed by atoms with Crippen molar-refractivity contribution < 1.29 is 14.6 Å². The van der Waals surface area contributed by atoms with Crippen molar-refractivity contribution in [2.75, 3.05) is 13.1 Å². The second-order valence-corrected chi connectivity index (χ2v) is 5.46. The van der Waals surface area contributed by atoms with Gasteiger partial charge in [-0.1, -0.05) is 0 Å². The van der Waals surface area contributed by atoms with Crippen LogP contribution in [0.5, 0.6) is 0 Å². The largest absolute Gasteiger partial charge is 0.444 e. The molecule has 0 bridgehead atoms. The van der Waals surface area contributed by atoms with Gasteiger partial charge in [0.05, 0.1) is 12.6 Å². The first-order valence-electron chi connectivity index (χ1n) is 6.05. The van der Waals surface area contributed by atoms with Crippen molar-refractivity contribution in [3.05, 3.63) is 0 Å². The SMILES string of the molecule is CC(C)N(C[C@H](O)CCN)C(=O)OC(C)(C)C. The van der Waals surface area contributed by atoms with Crippen LogP contribution in [0.25, 0.3) is 0 Å². The second kappa shape index (κ2) is 6.81. The monoisotopic (exact) mass is 246 g/mol. The Bertz CT molecular complexity index is 236. The van der Waals surface area contributed by atoms with Gasteiger partial charge in [0.25, 0.3) is 0 Å². The number of amides is 1. The molecule has 1 amide bonds. The van der Waals surface area contributed by atoms with Crippen LogP contribution >= 0.6 is 0 Å². The fraction of sp³-hybridized carbons (Fsp3) is 0.917. The first kappa shape index (κ1) is 16.2. The maximum Gasteiger partial charge on any atom is 0.410 e. The van der Waals surface area contributed by atoms with Crippen molar-refractivity contribution in [3.63, 3.8) is 0 Å². The van der Waals surface area contributed by atoms with E-state index in [9.17, 15) is 9.90 Å². The third-order valence-corrected chi connectivity index (χ3v) is 2.16. The third kappa shape index (κ3) is 7.18.